The Morgan fingerprint density at radius 1 is 0.562 bits per heavy atom. The lowest BCUT2D eigenvalue weighted by Crippen LogP contribution is -1.83. The van der Waals surface area contributed by atoms with Crippen molar-refractivity contribution in [3.63, 3.8) is 0 Å². The van der Waals surface area contributed by atoms with Crippen molar-refractivity contribution >= 4 is 23.5 Å². The summed E-state index contributed by atoms with van der Waals surface area (Å²) in [4.78, 5) is 0. The molecular weight excluding hydrogens is 236 g/mol. The van der Waals surface area contributed by atoms with E-state index in [4.69, 9.17) is 10.5 Å². The van der Waals surface area contributed by atoms with Crippen LogP contribution in [0.25, 0.3) is 0 Å². The van der Waals surface area contributed by atoms with Crippen LogP contribution in [-0.4, -0.2) is 11.5 Å². The summed E-state index contributed by atoms with van der Waals surface area (Å²) in [6, 6.07) is 0. The Bertz CT molecular complexity index is 194. The largest absolute Gasteiger partial charge is 0.185 e. The molecule has 16 heavy (non-hydrogen) atoms. The molecule has 0 aliphatic carbocycles. The topological polar surface area (TPSA) is 47.6 Å². The van der Waals surface area contributed by atoms with Crippen LogP contribution < -0.4 is 0 Å². The second-order valence-corrected chi connectivity index (χ2v) is 5.47. The van der Waals surface area contributed by atoms with E-state index in [9.17, 15) is 0 Å². The van der Waals surface area contributed by atoms with Gasteiger partial charge >= 0.3 is 0 Å². The Kier molecular flexibility index (Phi) is 14.4. The van der Waals surface area contributed by atoms with Crippen LogP contribution in [-0.2, 0) is 0 Å². The third-order valence-electron chi connectivity index (χ3n) is 2.37. The van der Waals surface area contributed by atoms with Crippen molar-refractivity contribution < 1.29 is 0 Å². The zero-order valence-electron chi connectivity index (χ0n) is 9.78. The van der Waals surface area contributed by atoms with Crippen molar-refractivity contribution in [3.8, 4) is 10.8 Å². The van der Waals surface area contributed by atoms with E-state index in [0.29, 0.717) is 0 Å². The molecule has 90 valence electrons. The van der Waals surface area contributed by atoms with Crippen molar-refractivity contribution in [1.82, 2.24) is 0 Å². The molecule has 0 aliphatic rings. The van der Waals surface area contributed by atoms with E-state index in [1.807, 2.05) is 0 Å². The molecule has 0 heterocycles. The molecule has 0 saturated heterocycles. The first-order chi connectivity index (χ1) is 7.91. The van der Waals surface area contributed by atoms with Gasteiger partial charge in [0.2, 0.25) is 0 Å². The van der Waals surface area contributed by atoms with Crippen LogP contribution in [0.3, 0.4) is 0 Å². The van der Waals surface area contributed by atoms with Crippen LogP contribution in [0.2, 0.25) is 0 Å². The Morgan fingerprint density at radius 2 is 0.875 bits per heavy atom. The molecule has 0 radical (unpaired) electrons. The summed E-state index contributed by atoms with van der Waals surface area (Å²) in [6.07, 6.45) is 10.1. The minimum Gasteiger partial charge on any atom is -0.185 e. The zero-order chi connectivity index (χ0) is 11.9. The van der Waals surface area contributed by atoms with Crippen molar-refractivity contribution in [1.29, 1.82) is 10.5 Å². The summed E-state index contributed by atoms with van der Waals surface area (Å²) in [5.41, 5.74) is 0. The maximum Gasteiger partial charge on any atom is 0.133 e. The van der Waals surface area contributed by atoms with Crippen molar-refractivity contribution in [2.45, 2.75) is 51.4 Å². The number of hydrogen-bond acceptors (Lipinski definition) is 4. The minimum atomic E-state index is 0.988. The fraction of sp³-hybridized carbons (Fsp3) is 0.833. The maximum atomic E-state index is 8.32. The van der Waals surface area contributed by atoms with Gasteiger partial charge in [-0.25, -0.2) is 0 Å². The first-order valence-electron chi connectivity index (χ1n) is 5.93. The first-order valence-corrected chi connectivity index (χ1v) is 7.90. The monoisotopic (exact) mass is 256 g/mol. The number of unbranched alkanes of at least 4 members (excludes halogenated alkanes) is 7. The summed E-state index contributed by atoms with van der Waals surface area (Å²) in [6.45, 7) is 0. The lowest BCUT2D eigenvalue weighted by molar-refractivity contribution is 0.588. The van der Waals surface area contributed by atoms with Gasteiger partial charge in [0.1, 0.15) is 10.8 Å². The maximum absolute atomic E-state index is 8.32. The highest BCUT2D eigenvalue weighted by atomic mass is 32.2. The molecule has 4 heteroatoms. The third kappa shape index (κ3) is 13.7. The van der Waals surface area contributed by atoms with Crippen LogP contribution in [0.15, 0.2) is 0 Å². The standard InChI is InChI=1S/C12H20N2S2/c13-11-15-9-7-5-3-1-2-4-6-8-10-16-12-14/h1-10H2. The lowest BCUT2D eigenvalue weighted by atomic mass is 10.1. The molecule has 0 N–H and O–H groups in total. The first kappa shape index (κ1) is 15.7. The molecule has 0 fully saturated rings. The SMILES string of the molecule is N#CSCCCCCCCCCCSC#N. The van der Waals surface area contributed by atoms with Gasteiger partial charge in [0.05, 0.1) is 0 Å². The molecule has 0 aromatic carbocycles. The van der Waals surface area contributed by atoms with Gasteiger partial charge in [-0.15, -0.1) is 0 Å². The Hall–Kier alpha value is -0.320. The second-order valence-electron chi connectivity index (χ2n) is 3.71. The predicted octanol–water partition coefficient (Wildman–Crippen LogP) is 4.54. The second kappa shape index (κ2) is 14.7. The average molecular weight is 256 g/mol. The molecule has 2 nitrogen and oxygen atoms in total. The summed E-state index contributed by atoms with van der Waals surface area (Å²) in [7, 11) is 0. The molecular formula is C12H20N2S2. The van der Waals surface area contributed by atoms with Gasteiger partial charge in [-0.3, -0.25) is 0 Å². The van der Waals surface area contributed by atoms with E-state index in [1.54, 1.807) is 0 Å². The van der Waals surface area contributed by atoms with Crippen molar-refractivity contribution in [2.24, 2.45) is 0 Å². The van der Waals surface area contributed by atoms with Crippen molar-refractivity contribution in [2.75, 3.05) is 11.5 Å². The van der Waals surface area contributed by atoms with E-state index in [2.05, 4.69) is 10.8 Å². The van der Waals surface area contributed by atoms with Crippen LogP contribution in [0.5, 0.6) is 0 Å². The van der Waals surface area contributed by atoms with E-state index in [-0.39, 0.29) is 0 Å². The predicted molar refractivity (Wildman–Crippen MR) is 73.1 cm³/mol. The molecule has 0 aliphatic heterocycles. The van der Waals surface area contributed by atoms with Gasteiger partial charge in [-0.2, -0.15) is 10.5 Å². The summed E-state index contributed by atoms with van der Waals surface area (Å²) >= 11 is 2.73. The molecule has 0 spiro atoms. The average Bonchev–Trinajstić information content (AvgIpc) is 2.31. The van der Waals surface area contributed by atoms with Gasteiger partial charge in [0.15, 0.2) is 0 Å². The molecule has 0 saturated carbocycles. The zero-order valence-corrected chi connectivity index (χ0v) is 11.4. The Morgan fingerprint density at radius 3 is 1.19 bits per heavy atom. The van der Waals surface area contributed by atoms with Crippen molar-refractivity contribution in [3.05, 3.63) is 0 Å². The summed E-state index contributed by atoms with van der Waals surface area (Å²) in [5, 5.41) is 20.8. The van der Waals surface area contributed by atoms with Crippen LogP contribution in [0.4, 0.5) is 0 Å². The smallest absolute Gasteiger partial charge is 0.133 e. The summed E-state index contributed by atoms with van der Waals surface area (Å²) < 4.78 is 0. The molecule has 0 amide bonds. The molecule has 0 atom stereocenters. The van der Waals surface area contributed by atoms with E-state index in [1.165, 1.54) is 74.9 Å². The normalized spacial score (nSPS) is 9.62. The van der Waals surface area contributed by atoms with Crippen LogP contribution in [0.1, 0.15) is 51.4 Å². The Balaban J connectivity index is 2.89. The highest BCUT2D eigenvalue weighted by molar-refractivity contribution is 8.03. The molecule has 0 aromatic heterocycles. The van der Waals surface area contributed by atoms with Gasteiger partial charge in [-0.1, -0.05) is 38.5 Å². The fourth-order valence-corrected chi connectivity index (χ4v) is 2.38. The fourth-order valence-electron chi connectivity index (χ4n) is 1.50. The Labute approximate surface area is 108 Å². The molecule has 0 rings (SSSR count). The highest BCUT2D eigenvalue weighted by Gasteiger charge is 1.93. The number of rotatable bonds is 11. The van der Waals surface area contributed by atoms with Crippen LogP contribution >= 0.6 is 23.5 Å². The lowest BCUT2D eigenvalue weighted by Gasteiger charge is -2.00. The van der Waals surface area contributed by atoms with Gasteiger partial charge < -0.3 is 0 Å². The molecule has 0 aromatic rings. The number of thioether (sulfide) groups is 2. The van der Waals surface area contributed by atoms with Gasteiger partial charge in [-0.05, 0) is 36.4 Å². The third-order valence-corrected chi connectivity index (χ3v) is 3.62. The van der Waals surface area contributed by atoms with Gasteiger partial charge in [0, 0.05) is 11.5 Å². The number of hydrogen-bond donors (Lipinski definition) is 0. The highest BCUT2D eigenvalue weighted by Crippen LogP contribution is 2.11. The van der Waals surface area contributed by atoms with E-state index >= 15 is 0 Å². The minimum absolute atomic E-state index is 0.988. The number of nitriles is 2. The molecule has 0 unspecified atom stereocenters. The number of nitrogens with zero attached hydrogens (tertiary/aromatic N) is 2. The molecule has 0 bridgehead atoms. The quantitative estimate of drug-likeness (QED) is 0.402. The van der Waals surface area contributed by atoms with E-state index in [0.717, 1.165) is 11.5 Å². The summed E-state index contributed by atoms with van der Waals surface area (Å²) in [5.74, 6) is 1.98. The number of thiocyanates is 2. The van der Waals surface area contributed by atoms with E-state index < -0.39 is 0 Å². The van der Waals surface area contributed by atoms with Crippen LogP contribution in [0, 0.1) is 21.3 Å². The van der Waals surface area contributed by atoms with Gasteiger partial charge in [0.25, 0.3) is 0 Å².